The number of nitrogens with zero attached hydrogens (tertiary/aromatic N) is 1. The summed E-state index contributed by atoms with van der Waals surface area (Å²) in [5.41, 5.74) is 6.13. The highest BCUT2D eigenvalue weighted by Gasteiger charge is 2.29. The van der Waals surface area contributed by atoms with Gasteiger partial charge in [-0.05, 0) is 90.6 Å². The summed E-state index contributed by atoms with van der Waals surface area (Å²) in [5, 5.41) is 12.5. The van der Waals surface area contributed by atoms with Crippen LogP contribution in [-0.4, -0.2) is 23.0 Å². The van der Waals surface area contributed by atoms with E-state index in [1.165, 1.54) is 0 Å². The van der Waals surface area contributed by atoms with Gasteiger partial charge in [-0.15, -0.1) is 0 Å². The van der Waals surface area contributed by atoms with Crippen LogP contribution in [0.2, 0.25) is 0 Å². The van der Waals surface area contributed by atoms with Crippen LogP contribution in [0.4, 0.5) is 5.69 Å². The fraction of sp³-hybridized carbons (Fsp3) is 0.200. The lowest BCUT2D eigenvalue weighted by atomic mass is 9.95. The third-order valence-corrected chi connectivity index (χ3v) is 5.79. The molecule has 1 saturated carbocycles. The van der Waals surface area contributed by atoms with Gasteiger partial charge in [0.05, 0.1) is 6.54 Å². The molecule has 30 heavy (non-hydrogen) atoms. The standard InChI is InChI=1S/C25H22N2O3/c1-15-2-3-17(24(29)26-19-5-6-19)13-23(15)16-4-11-22-18(12-16)14-27(25(22)30)20-7-9-21(28)10-8-20/h2-4,7-13,19,28H,5-6,14H2,1H3,(H,26,29). The number of aryl methyl sites for hydroxylation is 1. The van der Waals surface area contributed by atoms with E-state index >= 15 is 0 Å². The van der Waals surface area contributed by atoms with Gasteiger partial charge in [-0.2, -0.15) is 0 Å². The zero-order valence-electron chi connectivity index (χ0n) is 16.7. The minimum Gasteiger partial charge on any atom is -0.508 e. The second-order valence-corrected chi connectivity index (χ2v) is 8.06. The van der Waals surface area contributed by atoms with E-state index in [1.807, 2.05) is 43.3 Å². The highest BCUT2D eigenvalue weighted by molar-refractivity contribution is 6.10. The number of aromatic hydroxyl groups is 1. The van der Waals surface area contributed by atoms with Crippen molar-refractivity contribution in [3.63, 3.8) is 0 Å². The van der Waals surface area contributed by atoms with E-state index in [4.69, 9.17) is 0 Å². The third kappa shape index (κ3) is 3.32. The van der Waals surface area contributed by atoms with E-state index in [0.29, 0.717) is 23.7 Å². The fourth-order valence-corrected chi connectivity index (χ4v) is 3.90. The summed E-state index contributed by atoms with van der Waals surface area (Å²) in [6.45, 7) is 2.51. The Balaban J connectivity index is 1.46. The van der Waals surface area contributed by atoms with E-state index < -0.39 is 0 Å². The molecule has 1 aliphatic carbocycles. The Hall–Kier alpha value is -3.60. The maximum atomic E-state index is 12.9. The molecule has 0 spiro atoms. The van der Waals surface area contributed by atoms with Crippen molar-refractivity contribution in [2.24, 2.45) is 0 Å². The number of fused-ring (bicyclic) bond motifs is 1. The van der Waals surface area contributed by atoms with Crippen LogP contribution in [0.3, 0.4) is 0 Å². The number of nitrogens with one attached hydrogen (secondary N) is 1. The maximum absolute atomic E-state index is 12.9. The van der Waals surface area contributed by atoms with E-state index in [9.17, 15) is 14.7 Å². The molecule has 2 amide bonds. The Morgan fingerprint density at radius 1 is 1.00 bits per heavy atom. The molecule has 5 nitrogen and oxygen atoms in total. The first-order chi connectivity index (χ1) is 14.5. The van der Waals surface area contributed by atoms with E-state index in [0.717, 1.165) is 40.8 Å². The first-order valence-electron chi connectivity index (χ1n) is 10.2. The van der Waals surface area contributed by atoms with Crippen molar-refractivity contribution in [1.82, 2.24) is 5.32 Å². The molecule has 0 unspecified atom stereocenters. The van der Waals surface area contributed by atoms with Crippen LogP contribution in [0.5, 0.6) is 5.75 Å². The summed E-state index contributed by atoms with van der Waals surface area (Å²) in [6.07, 6.45) is 2.11. The van der Waals surface area contributed by atoms with Crippen molar-refractivity contribution in [1.29, 1.82) is 0 Å². The topological polar surface area (TPSA) is 69.6 Å². The molecule has 150 valence electrons. The van der Waals surface area contributed by atoms with Crippen molar-refractivity contribution < 1.29 is 14.7 Å². The minimum atomic E-state index is -0.0449. The maximum Gasteiger partial charge on any atom is 0.258 e. The third-order valence-electron chi connectivity index (χ3n) is 5.79. The summed E-state index contributed by atoms with van der Waals surface area (Å²) in [6, 6.07) is 18.6. The first kappa shape index (κ1) is 18.4. The van der Waals surface area contributed by atoms with Gasteiger partial charge < -0.3 is 15.3 Å². The van der Waals surface area contributed by atoms with Gasteiger partial charge in [-0.1, -0.05) is 12.1 Å². The number of benzene rings is 3. The molecule has 5 rings (SSSR count). The van der Waals surface area contributed by atoms with Crippen LogP contribution in [0, 0.1) is 6.92 Å². The summed E-state index contributed by atoms with van der Waals surface area (Å²) in [4.78, 5) is 27.0. The highest BCUT2D eigenvalue weighted by Crippen LogP contribution is 2.33. The first-order valence-corrected chi connectivity index (χ1v) is 10.2. The number of hydrogen-bond donors (Lipinski definition) is 2. The molecule has 0 atom stereocenters. The monoisotopic (exact) mass is 398 g/mol. The molecular formula is C25H22N2O3. The highest BCUT2D eigenvalue weighted by atomic mass is 16.3. The molecule has 1 aliphatic heterocycles. The number of phenolic OH excluding ortho intramolecular Hbond substituents is 1. The van der Waals surface area contributed by atoms with Gasteiger partial charge in [-0.3, -0.25) is 9.59 Å². The van der Waals surface area contributed by atoms with Gasteiger partial charge in [0.2, 0.25) is 0 Å². The Morgan fingerprint density at radius 2 is 1.77 bits per heavy atom. The molecule has 0 radical (unpaired) electrons. The summed E-state index contributed by atoms with van der Waals surface area (Å²) in [7, 11) is 0. The van der Waals surface area contributed by atoms with Crippen molar-refractivity contribution in [3.8, 4) is 16.9 Å². The number of amides is 2. The smallest absolute Gasteiger partial charge is 0.258 e. The molecule has 2 N–H and O–H groups in total. The van der Waals surface area contributed by atoms with Crippen LogP contribution in [-0.2, 0) is 6.54 Å². The molecule has 3 aromatic rings. The van der Waals surface area contributed by atoms with Crippen LogP contribution in [0.15, 0.2) is 60.7 Å². The van der Waals surface area contributed by atoms with Crippen molar-refractivity contribution >= 4 is 17.5 Å². The van der Waals surface area contributed by atoms with Crippen LogP contribution < -0.4 is 10.2 Å². The average Bonchev–Trinajstić information content (AvgIpc) is 3.50. The molecule has 2 aliphatic rings. The predicted molar refractivity (Wildman–Crippen MR) is 116 cm³/mol. The zero-order valence-corrected chi connectivity index (χ0v) is 16.7. The number of phenols is 1. The Morgan fingerprint density at radius 3 is 2.50 bits per heavy atom. The molecule has 0 aromatic heterocycles. The molecule has 0 bridgehead atoms. The number of hydrogen-bond acceptors (Lipinski definition) is 3. The lowest BCUT2D eigenvalue weighted by Crippen LogP contribution is -2.25. The van der Waals surface area contributed by atoms with Crippen molar-refractivity contribution in [2.45, 2.75) is 32.4 Å². The molecular weight excluding hydrogens is 376 g/mol. The lowest BCUT2D eigenvalue weighted by Gasteiger charge is -2.15. The normalized spacial score (nSPS) is 15.2. The molecule has 0 saturated heterocycles. The van der Waals surface area contributed by atoms with Crippen molar-refractivity contribution in [3.05, 3.63) is 82.9 Å². The molecule has 1 fully saturated rings. The van der Waals surface area contributed by atoms with Gasteiger partial charge in [0, 0.05) is 22.9 Å². The second-order valence-electron chi connectivity index (χ2n) is 8.06. The summed E-state index contributed by atoms with van der Waals surface area (Å²) >= 11 is 0. The molecule has 3 aromatic carbocycles. The summed E-state index contributed by atoms with van der Waals surface area (Å²) < 4.78 is 0. The average molecular weight is 398 g/mol. The fourth-order valence-electron chi connectivity index (χ4n) is 3.90. The van der Waals surface area contributed by atoms with Gasteiger partial charge in [0.25, 0.3) is 11.8 Å². The quantitative estimate of drug-likeness (QED) is 0.684. The Kier molecular flexibility index (Phi) is 4.31. The lowest BCUT2D eigenvalue weighted by molar-refractivity contribution is 0.0949. The second kappa shape index (κ2) is 7.02. The zero-order chi connectivity index (χ0) is 20.8. The predicted octanol–water partition coefficient (Wildman–Crippen LogP) is 4.42. The largest absolute Gasteiger partial charge is 0.508 e. The van der Waals surface area contributed by atoms with Crippen LogP contribution in [0.25, 0.3) is 11.1 Å². The van der Waals surface area contributed by atoms with Crippen LogP contribution in [0.1, 0.15) is 44.7 Å². The number of carbonyl (C=O) groups is 2. The van der Waals surface area contributed by atoms with Crippen LogP contribution >= 0.6 is 0 Å². The molecule has 1 heterocycles. The van der Waals surface area contributed by atoms with E-state index in [1.54, 1.807) is 29.2 Å². The van der Waals surface area contributed by atoms with Gasteiger partial charge >= 0.3 is 0 Å². The summed E-state index contributed by atoms with van der Waals surface area (Å²) in [5.74, 6) is 0.0939. The van der Waals surface area contributed by atoms with Gasteiger partial charge in [-0.25, -0.2) is 0 Å². The number of rotatable bonds is 4. The SMILES string of the molecule is Cc1ccc(C(=O)NC2CC2)cc1-c1ccc2c(c1)CN(c1ccc(O)cc1)C2=O. The Bertz CT molecular complexity index is 1160. The van der Waals surface area contributed by atoms with E-state index in [2.05, 4.69) is 5.32 Å². The van der Waals surface area contributed by atoms with Gasteiger partial charge in [0.1, 0.15) is 5.75 Å². The molecule has 5 heteroatoms. The number of carbonyl (C=O) groups excluding carboxylic acids is 2. The van der Waals surface area contributed by atoms with Crippen molar-refractivity contribution in [2.75, 3.05) is 4.90 Å². The van der Waals surface area contributed by atoms with Gasteiger partial charge in [0.15, 0.2) is 0 Å². The minimum absolute atomic E-state index is 0.0337. The number of anilines is 1. The Labute approximate surface area is 175 Å². The van der Waals surface area contributed by atoms with E-state index in [-0.39, 0.29) is 17.6 Å².